The van der Waals surface area contributed by atoms with Crippen LogP contribution in [0.1, 0.15) is 6.92 Å². The van der Waals surface area contributed by atoms with Crippen molar-refractivity contribution in [3.63, 3.8) is 0 Å². The second-order valence-corrected chi connectivity index (χ2v) is 1.04. The number of carbonyl (C=O) groups excluding carboxylic acids is 1. The molecule has 0 radical (unpaired) electrons. The van der Waals surface area contributed by atoms with Crippen molar-refractivity contribution in [1.29, 1.82) is 0 Å². The van der Waals surface area contributed by atoms with E-state index < -0.39 is 0 Å². The van der Waals surface area contributed by atoms with Crippen molar-refractivity contribution in [3.8, 4) is 0 Å². The Kier molecular flexibility index (Phi) is 6.12. The Balaban J connectivity index is 0. The molecule has 42 valence electrons. The van der Waals surface area contributed by atoms with Gasteiger partial charge in [0.15, 0.2) is 0 Å². The summed E-state index contributed by atoms with van der Waals surface area (Å²) in [5, 5.41) is 8.64. The fraction of sp³-hybridized carbons (Fsp3) is 0.667. The first-order valence-electron chi connectivity index (χ1n) is 1.57. The Morgan fingerprint density at radius 3 is 1.86 bits per heavy atom. The van der Waals surface area contributed by atoms with Crippen molar-refractivity contribution < 1.29 is 10.0 Å². The maximum absolute atomic E-state index is 9.82. The summed E-state index contributed by atoms with van der Waals surface area (Å²) in [5.74, 6) is -0.352. The van der Waals surface area contributed by atoms with E-state index in [2.05, 4.69) is 0 Å². The molecule has 0 saturated carbocycles. The zero-order chi connectivity index (χ0) is 5.15. The number of hydroxylamine groups is 2. The predicted octanol–water partition coefficient (Wildman–Crippen LogP) is -1.33. The van der Waals surface area contributed by atoms with E-state index >= 15 is 0 Å². The summed E-state index contributed by atoms with van der Waals surface area (Å²) >= 11 is 0. The molecule has 0 aliphatic heterocycles. The van der Waals surface area contributed by atoms with Gasteiger partial charge in [0.2, 0.25) is 5.91 Å². The molecule has 0 rings (SSSR count). The van der Waals surface area contributed by atoms with Gasteiger partial charge >= 0.3 is 19.8 Å². The number of nitrogens with zero attached hydrogens (tertiary/aromatic N) is 1. The molecule has 0 aromatic carbocycles. The fourth-order valence-electron chi connectivity index (χ4n) is 0. The van der Waals surface area contributed by atoms with Crippen molar-refractivity contribution >= 4 is 25.7 Å². The number of amides is 1. The number of carbonyl (C=O) groups is 1. The van der Waals surface area contributed by atoms with Crippen molar-refractivity contribution in [2.24, 2.45) is 0 Å². The second kappa shape index (κ2) is 4.23. The monoisotopic (exact) mass is 161 g/mol. The third-order valence-electron chi connectivity index (χ3n) is 0.456. The molecule has 1 amide bonds. The quantitative estimate of drug-likeness (QED) is 0.272. The van der Waals surface area contributed by atoms with E-state index in [1.54, 1.807) is 0 Å². The molecule has 0 heterocycles. The summed E-state index contributed by atoms with van der Waals surface area (Å²) < 4.78 is 0. The molecular formula is C3H10GaNO2. The second-order valence-electron chi connectivity index (χ2n) is 1.04. The number of rotatable bonds is 0. The van der Waals surface area contributed by atoms with Crippen molar-refractivity contribution in [2.45, 2.75) is 6.92 Å². The van der Waals surface area contributed by atoms with Crippen molar-refractivity contribution in [3.05, 3.63) is 0 Å². The molecule has 0 bridgehead atoms. The van der Waals surface area contributed by atoms with Gasteiger partial charge in [-0.15, -0.1) is 0 Å². The zero-order valence-electron chi connectivity index (χ0n) is 3.80. The summed E-state index contributed by atoms with van der Waals surface area (Å²) in [4.78, 5) is 9.82. The third kappa shape index (κ3) is 6.07. The molecule has 0 saturated heterocycles. The van der Waals surface area contributed by atoms with Gasteiger partial charge in [-0.1, -0.05) is 0 Å². The summed E-state index contributed by atoms with van der Waals surface area (Å²) in [6.07, 6.45) is 0. The molecule has 7 heavy (non-hydrogen) atoms. The van der Waals surface area contributed by atoms with Crippen molar-refractivity contribution in [1.82, 2.24) is 5.06 Å². The molecule has 3 nitrogen and oxygen atoms in total. The van der Waals surface area contributed by atoms with E-state index in [-0.39, 0.29) is 25.7 Å². The van der Waals surface area contributed by atoms with Crippen LogP contribution in [0.25, 0.3) is 0 Å². The molecule has 0 fully saturated rings. The molecule has 0 spiro atoms. The van der Waals surface area contributed by atoms with E-state index in [9.17, 15) is 4.79 Å². The first kappa shape index (κ1) is 10.1. The predicted molar refractivity (Wildman–Crippen MR) is 30.2 cm³/mol. The summed E-state index contributed by atoms with van der Waals surface area (Å²) in [6.45, 7) is 1.28. The molecule has 0 aliphatic rings. The van der Waals surface area contributed by atoms with E-state index in [1.807, 2.05) is 0 Å². The molecule has 0 aliphatic carbocycles. The van der Waals surface area contributed by atoms with Crippen LogP contribution in [0.3, 0.4) is 0 Å². The molecule has 0 aromatic heterocycles. The molecule has 0 unspecified atom stereocenters. The van der Waals surface area contributed by atoms with Gasteiger partial charge in [0.05, 0.1) is 0 Å². The first-order chi connectivity index (χ1) is 2.64. The van der Waals surface area contributed by atoms with Crippen LogP contribution >= 0.6 is 0 Å². The average Bonchev–Trinajstić information content (AvgIpc) is 1.36. The summed E-state index contributed by atoms with van der Waals surface area (Å²) in [6, 6.07) is 0. The topological polar surface area (TPSA) is 40.5 Å². The normalized spacial score (nSPS) is 6.71. The van der Waals surface area contributed by atoms with Gasteiger partial charge in [-0.2, -0.15) is 0 Å². The van der Waals surface area contributed by atoms with Crippen LogP contribution < -0.4 is 0 Å². The van der Waals surface area contributed by atoms with Crippen LogP contribution in [0.5, 0.6) is 0 Å². The Morgan fingerprint density at radius 1 is 1.71 bits per heavy atom. The number of hydrogen-bond donors (Lipinski definition) is 1. The maximum atomic E-state index is 9.82. The van der Waals surface area contributed by atoms with Gasteiger partial charge in [0.1, 0.15) is 0 Å². The summed E-state index contributed by atoms with van der Waals surface area (Å²) in [5.41, 5.74) is 0. The SMILES string of the molecule is CC(=O)N(C)O.[GaH3]. The minimum atomic E-state index is -0.352. The Hall–Kier alpha value is 0.0664. The van der Waals surface area contributed by atoms with Gasteiger partial charge in [0, 0.05) is 14.0 Å². The van der Waals surface area contributed by atoms with Gasteiger partial charge in [0.25, 0.3) is 0 Å². The van der Waals surface area contributed by atoms with Crippen molar-refractivity contribution in [2.75, 3.05) is 7.05 Å². The summed E-state index contributed by atoms with van der Waals surface area (Å²) in [7, 11) is 1.28. The Labute approximate surface area is 55.3 Å². The molecule has 4 heteroatoms. The molecular weight excluding hydrogens is 152 g/mol. The molecule has 0 aromatic rings. The van der Waals surface area contributed by atoms with Gasteiger partial charge < -0.3 is 0 Å². The first-order valence-corrected chi connectivity index (χ1v) is 1.57. The molecule has 1 N–H and O–H groups in total. The fourth-order valence-corrected chi connectivity index (χ4v) is 0. The third-order valence-corrected chi connectivity index (χ3v) is 0.456. The van der Waals surface area contributed by atoms with Crippen LogP contribution in [-0.2, 0) is 4.79 Å². The van der Waals surface area contributed by atoms with Crippen LogP contribution in [0.15, 0.2) is 0 Å². The van der Waals surface area contributed by atoms with Crippen LogP contribution in [0.4, 0.5) is 0 Å². The Morgan fingerprint density at radius 2 is 1.86 bits per heavy atom. The zero-order valence-corrected chi connectivity index (χ0v) is 3.80. The van der Waals surface area contributed by atoms with Crippen LogP contribution in [0.2, 0.25) is 0 Å². The average molecular weight is 162 g/mol. The van der Waals surface area contributed by atoms with Gasteiger partial charge in [-0.3, -0.25) is 10.0 Å². The van der Waals surface area contributed by atoms with E-state index in [1.165, 1.54) is 14.0 Å². The number of hydrogen-bond acceptors (Lipinski definition) is 2. The van der Waals surface area contributed by atoms with Crippen LogP contribution in [0, 0.1) is 0 Å². The minimum absolute atomic E-state index is 0. The Bertz CT molecular complexity index is 64.0. The molecule has 0 atom stereocenters. The van der Waals surface area contributed by atoms with Crippen LogP contribution in [-0.4, -0.2) is 43.0 Å². The van der Waals surface area contributed by atoms with Gasteiger partial charge in [-0.25, -0.2) is 5.06 Å². The van der Waals surface area contributed by atoms with E-state index in [0.29, 0.717) is 5.06 Å². The standard InChI is InChI=1S/C3H7NO2.Ga.3H/c1-3(5)4(2)6;;;;/h6H,1-2H3;;;;. The van der Waals surface area contributed by atoms with E-state index in [0.717, 1.165) is 0 Å². The van der Waals surface area contributed by atoms with E-state index in [4.69, 9.17) is 5.21 Å². The van der Waals surface area contributed by atoms with Gasteiger partial charge in [-0.05, 0) is 0 Å².